The second-order valence-corrected chi connectivity index (χ2v) is 12.6. The number of para-hydroxylation sites is 2. The van der Waals surface area contributed by atoms with Gasteiger partial charge in [-0.1, -0.05) is 121 Å². The average molecular weight is 596 g/mol. The summed E-state index contributed by atoms with van der Waals surface area (Å²) in [5, 5.41) is 10.3. The normalized spacial score (nSPS) is 12.3. The largest absolute Gasteiger partial charge is 0.292 e. The van der Waals surface area contributed by atoms with Gasteiger partial charge in [0.1, 0.15) is 5.69 Å². The zero-order valence-electron chi connectivity index (χ0n) is 25.3. The lowest BCUT2D eigenvalue weighted by atomic mass is 9.93. The van der Waals surface area contributed by atoms with Crippen molar-refractivity contribution in [1.82, 2.24) is 14.5 Å². The Morgan fingerprint density at radius 2 is 0.936 bits per heavy atom. The number of hydrogen-bond donors (Lipinski definition) is 0. The lowest BCUT2D eigenvalue weighted by Gasteiger charge is -2.16. The van der Waals surface area contributed by atoms with E-state index >= 15 is 0 Å². The fourth-order valence-corrected chi connectivity index (χ4v) is 8.05. The van der Waals surface area contributed by atoms with Gasteiger partial charge in [-0.3, -0.25) is 4.57 Å². The fraction of sp³-hybridized carbons (Fsp3) is 0. The Bertz CT molecular complexity index is 2950. The number of nitrogens with zero attached hydrogens (tertiary/aromatic N) is 3. The van der Waals surface area contributed by atoms with E-state index in [0.717, 1.165) is 44.7 Å². The number of aromatic nitrogens is 3. The van der Waals surface area contributed by atoms with Crippen molar-refractivity contribution in [1.29, 1.82) is 0 Å². The van der Waals surface area contributed by atoms with Gasteiger partial charge in [-0.2, -0.15) is 0 Å². The van der Waals surface area contributed by atoms with Gasteiger partial charge < -0.3 is 0 Å². The third-order valence-corrected chi connectivity index (χ3v) is 10.1. The van der Waals surface area contributed by atoms with Crippen LogP contribution in [0.15, 0.2) is 152 Å². The molecule has 1 aliphatic rings. The summed E-state index contributed by atoms with van der Waals surface area (Å²) in [4.78, 5) is 10.8. The van der Waals surface area contributed by atoms with Gasteiger partial charge in [-0.25, -0.2) is 9.97 Å². The molecule has 0 aliphatic heterocycles. The molecule has 11 rings (SSSR count). The zero-order chi connectivity index (χ0) is 30.6. The fourth-order valence-electron chi connectivity index (χ4n) is 8.05. The average Bonchev–Trinajstić information content (AvgIpc) is 3.41. The Hall–Kier alpha value is -6.32. The van der Waals surface area contributed by atoms with Crippen molar-refractivity contribution in [2.75, 3.05) is 0 Å². The summed E-state index contributed by atoms with van der Waals surface area (Å²) in [6.45, 7) is 0. The van der Waals surface area contributed by atoms with Gasteiger partial charge in [0, 0.05) is 21.7 Å². The Balaban J connectivity index is 1.32. The monoisotopic (exact) mass is 595 g/mol. The van der Waals surface area contributed by atoms with Crippen LogP contribution in [0.25, 0.3) is 104 Å². The highest BCUT2D eigenvalue weighted by atomic mass is 15.1. The van der Waals surface area contributed by atoms with Crippen molar-refractivity contribution in [2.45, 2.75) is 0 Å². The Morgan fingerprint density at radius 3 is 1.74 bits per heavy atom. The second kappa shape index (κ2) is 9.12. The third-order valence-electron chi connectivity index (χ3n) is 10.1. The maximum atomic E-state index is 5.42. The minimum Gasteiger partial charge on any atom is -0.292 e. The predicted octanol–water partition coefficient (Wildman–Crippen LogP) is 11.5. The van der Waals surface area contributed by atoms with Gasteiger partial charge in [0.05, 0.1) is 22.1 Å². The zero-order valence-corrected chi connectivity index (χ0v) is 25.3. The molecule has 3 heteroatoms. The van der Waals surface area contributed by atoms with E-state index in [-0.39, 0.29) is 0 Å². The number of hydrogen-bond acceptors (Lipinski definition) is 2. The van der Waals surface area contributed by atoms with Crippen molar-refractivity contribution in [3.8, 4) is 39.3 Å². The summed E-state index contributed by atoms with van der Waals surface area (Å²) >= 11 is 0. The van der Waals surface area contributed by atoms with Crippen LogP contribution in [-0.4, -0.2) is 14.5 Å². The number of benzene rings is 8. The van der Waals surface area contributed by atoms with Crippen LogP contribution in [0.1, 0.15) is 0 Å². The molecule has 0 unspecified atom stereocenters. The van der Waals surface area contributed by atoms with Crippen molar-refractivity contribution >= 4 is 65.2 Å². The summed E-state index contributed by atoms with van der Waals surface area (Å²) in [7, 11) is 0. The SMILES string of the molecule is c1ccc(-c2cccc(-c3nc4ccccc4nc3-n3c4cccc5c4c4c6c(ccc7ccc8cccc-5c8c76)ccc43)c2)cc1. The third kappa shape index (κ3) is 3.35. The van der Waals surface area contributed by atoms with E-state index in [4.69, 9.17) is 9.97 Å². The van der Waals surface area contributed by atoms with E-state index in [1.165, 1.54) is 59.8 Å². The Kier molecular flexibility index (Phi) is 4.84. The topological polar surface area (TPSA) is 30.7 Å². The van der Waals surface area contributed by atoms with Crippen molar-refractivity contribution in [3.05, 3.63) is 152 Å². The minimum absolute atomic E-state index is 0.838. The molecular weight excluding hydrogens is 571 g/mol. The van der Waals surface area contributed by atoms with Crippen LogP contribution in [0, 0.1) is 0 Å². The summed E-state index contributed by atoms with van der Waals surface area (Å²) in [5.74, 6) is 0.838. The standard InChI is InChI=1S/C44H25N3/c1-2-9-26(10-3-1)30-12-6-13-31(25-30)43-44(46-35-17-5-4-16-34(35)45-43)47-36-18-8-15-33-32-14-7-11-27-19-20-28-21-22-29-23-24-37(47)42(41(33)36)40(29)39(28)38(27)32/h1-25H. The molecule has 0 atom stereocenters. The number of rotatable bonds is 3. The molecule has 0 spiro atoms. The van der Waals surface area contributed by atoms with Crippen LogP contribution in [0.3, 0.4) is 0 Å². The van der Waals surface area contributed by atoms with Gasteiger partial charge >= 0.3 is 0 Å². The quantitative estimate of drug-likeness (QED) is 0.190. The molecule has 1 aliphatic carbocycles. The van der Waals surface area contributed by atoms with E-state index in [1.807, 2.05) is 12.1 Å². The molecule has 2 aromatic heterocycles. The summed E-state index contributed by atoms with van der Waals surface area (Å²) in [6.07, 6.45) is 0. The van der Waals surface area contributed by atoms with Gasteiger partial charge in [0.2, 0.25) is 0 Å². The maximum Gasteiger partial charge on any atom is 0.165 e. The first kappa shape index (κ1) is 24.9. The van der Waals surface area contributed by atoms with Gasteiger partial charge in [-0.05, 0) is 79.5 Å². The molecule has 0 saturated heterocycles. The van der Waals surface area contributed by atoms with Gasteiger partial charge in [-0.15, -0.1) is 0 Å². The predicted molar refractivity (Wildman–Crippen MR) is 196 cm³/mol. The highest BCUT2D eigenvalue weighted by Crippen LogP contribution is 2.50. The van der Waals surface area contributed by atoms with E-state index in [1.54, 1.807) is 0 Å². The smallest absolute Gasteiger partial charge is 0.165 e. The summed E-state index contributed by atoms with van der Waals surface area (Å²) in [5.41, 5.74) is 10.8. The van der Waals surface area contributed by atoms with Crippen LogP contribution in [0.5, 0.6) is 0 Å². The lowest BCUT2D eigenvalue weighted by Crippen LogP contribution is -2.04. The van der Waals surface area contributed by atoms with Gasteiger partial charge in [0.15, 0.2) is 5.82 Å². The second-order valence-electron chi connectivity index (χ2n) is 12.6. The molecule has 0 saturated carbocycles. The Morgan fingerprint density at radius 1 is 0.362 bits per heavy atom. The van der Waals surface area contributed by atoms with Crippen molar-refractivity contribution < 1.29 is 0 Å². The molecule has 3 nitrogen and oxygen atoms in total. The molecule has 8 aromatic carbocycles. The van der Waals surface area contributed by atoms with E-state index in [0.29, 0.717) is 0 Å². The van der Waals surface area contributed by atoms with Crippen LogP contribution in [-0.2, 0) is 0 Å². The first-order valence-corrected chi connectivity index (χ1v) is 16.1. The van der Waals surface area contributed by atoms with E-state index in [2.05, 4.69) is 144 Å². The minimum atomic E-state index is 0.838. The molecule has 0 N–H and O–H groups in total. The van der Waals surface area contributed by atoms with Crippen LogP contribution >= 0.6 is 0 Å². The molecule has 10 aromatic rings. The molecule has 216 valence electrons. The molecule has 0 bridgehead atoms. The number of fused-ring (bicyclic) bond motifs is 2. The van der Waals surface area contributed by atoms with Crippen LogP contribution in [0.2, 0.25) is 0 Å². The van der Waals surface area contributed by atoms with E-state index < -0.39 is 0 Å². The van der Waals surface area contributed by atoms with Crippen LogP contribution in [0.4, 0.5) is 0 Å². The first-order valence-electron chi connectivity index (χ1n) is 16.1. The summed E-state index contributed by atoms with van der Waals surface area (Å²) < 4.78 is 2.37. The molecule has 0 amide bonds. The first-order chi connectivity index (χ1) is 23.3. The lowest BCUT2D eigenvalue weighted by molar-refractivity contribution is 1.08. The Labute approximate surface area is 270 Å². The van der Waals surface area contributed by atoms with Crippen LogP contribution < -0.4 is 0 Å². The van der Waals surface area contributed by atoms with Gasteiger partial charge in [0.25, 0.3) is 0 Å². The molecular formula is C44H25N3. The molecule has 2 heterocycles. The summed E-state index contributed by atoms with van der Waals surface area (Å²) in [6, 6.07) is 54.6. The molecule has 47 heavy (non-hydrogen) atoms. The molecule has 0 radical (unpaired) electrons. The highest BCUT2D eigenvalue weighted by Gasteiger charge is 2.26. The van der Waals surface area contributed by atoms with Crippen molar-refractivity contribution in [3.63, 3.8) is 0 Å². The molecule has 0 fully saturated rings. The van der Waals surface area contributed by atoms with E-state index in [9.17, 15) is 0 Å². The maximum absolute atomic E-state index is 5.42. The highest BCUT2D eigenvalue weighted by molar-refractivity contribution is 6.38. The van der Waals surface area contributed by atoms with Crippen molar-refractivity contribution in [2.24, 2.45) is 0 Å².